The van der Waals surface area contributed by atoms with Crippen molar-refractivity contribution >= 4 is 33.3 Å². The molecule has 4 rings (SSSR count). The number of carbonyl (C=O) groups excluding carboxylic acids is 1. The lowest BCUT2D eigenvalue weighted by atomic mass is 10.0. The van der Waals surface area contributed by atoms with Gasteiger partial charge in [0.25, 0.3) is 5.91 Å². The Morgan fingerprint density at radius 1 is 1.00 bits per heavy atom. The van der Waals surface area contributed by atoms with E-state index in [1.54, 1.807) is 0 Å². The topological polar surface area (TPSA) is 48.1 Å². The number of amides is 1. The van der Waals surface area contributed by atoms with Crippen LogP contribution in [0.15, 0.2) is 66.9 Å². The average molecular weight is 357 g/mol. The molecule has 4 aromatic rings. The van der Waals surface area contributed by atoms with Gasteiger partial charge in [-0.05, 0) is 61.1 Å². The van der Waals surface area contributed by atoms with E-state index < -0.39 is 0 Å². The summed E-state index contributed by atoms with van der Waals surface area (Å²) in [5, 5.41) is 6.25. The van der Waals surface area contributed by atoms with Gasteiger partial charge in [0.2, 0.25) is 0 Å². The van der Waals surface area contributed by atoms with E-state index in [0.717, 1.165) is 40.3 Å². The molecule has 1 amide bonds. The maximum atomic E-state index is 12.9. The number of nitrogens with one attached hydrogen (secondary N) is 2. The normalized spacial score (nSPS) is 11.4. The molecule has 0 radical (unpaired) electrons. The van der Waals surface area contributed by atoms with Crippen LogP contribution in [0.5, 0.6) is 0 Å². The maximum Gasteiger partial charge on any atom is 0.256 e. The second kappa shape index (κ2) is 7.25. The Bertz CT molecular complexity index is 1110. The molecule has 1 aromatic heterocycles. The Morgan fingerprint density at radius 2 is 1.81 bits per heavy atom. The molecule has 4 heteroatoms. The Hall–Kier alpha value is -3.11. The van der Waals surface area contributed by atoms with Crippen LogP contribution in [0.2, 0.25) is 0 Å². The molecular weight excluding hydrogens is 334 g/mol. The molecule has 0 aliphatic rings. The van der Waals surface area contributed by atoms with E-state index in [-0.39, 0.29) is 5.91 Å². The number of aromatic nitrogens is 1. The number of hydrogen-bond acceptors (Lipinski definition) is 2. The van der Waals surface area contributed by atoms with E-state index in [2.05, 4.69) is 41.6 Å². The van der Waals surface area contributed by atoms with Gasteiger partial charge in [-0.25, -0.2) is 0 Å². The Labute approximate surface area is 158 Å². The van der Waals surface area contributed by atoms with Gasteiger partial charge < -0.3 is 15.2 Å². The SMILES string of the molecule is CN(C)CCc1c[nH]c2ccc(NC(=O)c3cccc4ccccc34)cc12. The summed E-state index contributed by atoms with van der Waals surface area (Å²) < 4.78 is 0. The summed E-state index contributed by atoms with van der Waals surface area (Å²) in [6, 6.07) is 19.8. The molecule has 0 spiro atoms. The first-order chi connectivity index (χ1) is 13.1. The molecule has 0 bridgehead atoms. The lowest BCUT2D eigenvalue weighted by Crippen LogP contribution is -2.15. The van der Waals surface area contributed by atoms with E-state index in [1.165, 1.54) is 5.56 Å². The molecule has 4 nitrogen and oxygen atoms in total. The fourth-order valence-electron chi connectivity index (χ4n) is 3.43. The Balaban J connectivity index is 1.62. The van der Waals surface area contributed by atoms with Crippen LogP contribution in [0.25, 0.3) is 21.7 Å². The molecule has 27 heavy (non-hydrogen) atoms. The number of benzene rings is 3. The first kappa shape index (κ1) is 17.3. The highest BCUT2D eigenvalue weighted by atomic mass is 16.1. The number of hydrogen-bond donors (Lipinski definition) is 2. The highest BCUT2D eigenvalue weighted by Gasteiger charge is 2.11. The molecule has 0 saturated carbocycles. The van der Waals surface area contributed by atoms with Gasteiger partial charge in [-0.1, -0.05) is 36.4 Å². The first-order valence-corrected chi connectivity index (χ1v) is 9.16. The van der Waals surface area contributed by atoms with Crippen LogP contribution in [0.1, 0.15) is 15.9 Å². The van der Waals surface area contributed by atoms with Crippen LogP contribution in [0.4, 0.5) is 5.69 Å². The van der Waals surface area contributed by atoms with Gasteiger partial charge in [-0.2, -0.15) is 0 Å². The van der Waals surface area contributed by atoms with Crippen LogP contribution in [0, 0.1) is 0 Å². The van der Waals surface area contributed by atoms with Crippen LogP contribution in [0.3, 0.4) is 0 Å². The van der Waals surface area contributed by atoms with Crippen LogP contribution in [-0.2, 0) is 6.42 Å². The van der Waals surface area contributed by atoms with Gasteiger partial charge in [0, 0.05) is 34.9 Å². The quantitative estimate of drug-likeness (QED) is 0.545. The molecule has 136 valence electrons. The van der Waals surface area contributed by atoms with Gasteiger partial charge >= 0.3 is 0 Å². The van der Waals surface area contributed by atoms with Gasteiger partial charge in [-0.15, -0.1) is 0 Å². The summed E-state index contributed by atoms with van der Waals surface area (Å²) in [6.07, 6.45) is 3.03. The largest absolute Gasteiger partial charge is 0.361 e. The van der Waals surface area contributed by atoms with Crippen molar-refractivity contribution in [1.82, 2.24) is 9.88 Å². The molecular formula is C23H23N3O. The number of carbonyl (C=O) groups is 1. The third-order valence-electron chi connectivity index (χ3n) is 4.89. The van der Waals surface area contributed by atoms with Crippen molar-refractivity contribution in [2.75, 3.05) is 26.0 Å². The van der Waals surface area contributed by atoms with Crippen LogP contribution >= 0.6 is 0 Å². The van der Waals surface area contributed by atoms with Gasteiger partial charge in [0.05, 0.1) is 0 Å². The Morgan fingerprint density at radius 3 is 2.67 bits per heavy atom. The third-order valence-corrected chi connectivity index (χ3v) is 4.89. The smallest absolute Gasteiger partial charge is 0.256 e. The number of aromatic amines is 1. The van der Waals surface area contributed by atoms with Gasteiger partial charge in [0.15, 0.2) is 0 Å². The zero-order valence-electron chi connectivity index (χ0n) is 15.6. The lowest BCUT2D eigenvalue weighted by molar-refractivity contribution is 0.102. The van der Waals surface area contributed by atoms with Crippen molar-refractivity contribution in [2.45, 2.75) is 6.42 Å². The lowest BCUT2D eigenvalue weighted by Gasteiger charge is -2.10. The van der Waals surface area contributed by atoms with Crippen LogP contribution in [-0.4, -0.2) is 36.4 Å². The first-order valence-electron chi connectivity index (χ1n) is 9.16. The number of fused-ring (bicyclic) bond motifs is 2. The van der Waals surface area contributed by atoms with E-state index in [9.17, 15) is 4.79 Å². The molecule has 0 atom stereocenters. The summed E-state index contributed by atoms with van der Waals surface area (Å²) >= 11 is 0. The van der Waals surface area contributed by atoms with E-state index in [4.69, 9.17) is 0 Å². The number of nitrogens with zero attached hydrogens (tertiary/aromatic N) is 1. The number of H-pyrrole nitrogens is 1. The highest BCUT2D eigenvalue weighted by molar-refractivity contribution is 6.13. The van der Waals surface area contributed by atoms with Crippen LogP contribution < -0.4 is 5.32 Å². The summed E-state index contributed by atoms with van der Waals surface area (Å²) in [6.45, 7) is 0.986. The molecule has 0 unspecified atom stereocenters. The minimum Gasteiger partial charge on any atom is -0.361 e. The second-order valence-corrected chi connectivity index (χ2v) is 7.11. The molecule has 0 fully saturated rings. The van der Waals surface area contributed by atoms with Crippen molar-refractivity contribution in [2.24, 2.45) is 0 Å². The summed E-state index contributed by atoms with van der Waals surface area (Å²) in [5.41, 5.74) is 3.85. The minimum atomic E-state index is -0.0865. The molecule has 0 aliphatic heterocycles. The summed E-state index contributed by atoms with van der Waals surface area (Å²) in [7, 11) is 4.15. The Kier molecular flexibility index (Phi) is 4.65. The standard InChI is InChI=1S/C23H23N3O/c1-26(2)13-12-17-15-24-22-11-10-18(14-21(17)22)25-23(27)20-9-5-7-16-6-3-4-8-19(16)20/h3-11,14-15,24H,12-13H2,1-2H3,(H,25,27). The van der Waals surface area contributed by atoms with Crippen molar-refractivity contribution in [1.29, 1.82) is 0 Å². The van der Waals surface area contributed by atoms with Gasteiger partial charge in [0.1, 0.15) is 0 Å². The van der Waals surface area contributed by atoms with Crippen molar-refractivity contribution in [3.05, 3.63) is 78.0 Å². The van der Waals surface area contributed by atoms with E-state index in [1.807, 2.05) is 54.6 Å². The summed E-state index contributed by atoms with van der Waals surface area (Å²) in [5.74, 6) is -0.0865. The predicted octanol–water partition coefficient (Wildman–Crippen LogP) is 4.68. The van der Waals surface area contributed by atoms with E-state index in [0.29, 0.717) is 5.56 Å². The zero-order valence-corrected chi connectivity index (χ0v) is 15.6. The fourth-order valence-corrected chi connectivity index (χ4v) is 3.43. The van der Waals surface area contributed by atoms with Crippen molar-refractivity contribution < 1.29 is 4.79 Å². The molecule has 2 N–H and O–H groups in total. The zero-order chi connectivity index (χ0) is 18.8. The monoisotopic (exact) mass is 357 g/mol. The second-order valence-electron chi connectivity index (χ2n) is 7.11. The molecule has 1 heterocycles. The summed E-state index contributed by atoms with van der Waals surface area (Å²) in [4.78, 5) is 18.4. The highest BCUT2D eigenvalue weighted by Crippen LogP contribution is 2.24. The molecule has 3 aromatic carbocycles. The average Bonchev–Trinajstić information content (AvgIpc) is 3.08. The minimum absolute atomic E-state index is 0.0865. The molecule has 0 saturated heterocycles. The number of rotatable bonds is 5. The van der Waals surface area contributed by atoms with Crippen molar-refractivity contribution in [3.63, 3.8) is 0 Å². The predicted molar refractivity (Wildman–Crippen MR) is 112 cm³/mol. The number of likely N-dealkylation sites (N-methyl/N-ethyl adjacent to an activating group) is 1. The van der Waals surface area contributed by atoms with Gasteiger partial charge in [-0.3, -0.25) is 4.79 Å². The van der Waals surface area contributed by atoms with E-state index >= 15 is 0 Å². The molecule has 0 aliphatic carbocycles. The third kappa shape index (κ3) is 3.57. The number of anilines is 1. The fraction of sp³-hybridized carbons (Fsp3) is 0.174. The maximum absolute atomic E-state index is 12.9. The van der Waals surface area contributed by atoms with Crippen molar-refractivity contribution in [3.8, 4) is 0 Å².